The maximum atomic E-state index is 12.8. The van der Waals surface area contributed by atoms with Crippen LogP contribution in [0.3, 0.4) is 0 Å². The van der Waals surface area contributed by atoms with E-state index in [1.165, 1.54) is 11.3 Å². The fourth-order valence-corrected chi connectivity index (χ4v) is 4.49. The molecule has 27 heavy (non-hydrogen) atoms. The average molecular weight is 386 g/mol. The lowest BCUT2D eigenvalue weighted by Gasteiger charge is -2.09. The highest BCUT2D eigenvalue weighted by Gasteiger charge is 2.27. The number of carboxylic acid groups (broad SMARTS) is 1. The number of fused-ring (bicyclic) bond motifs is 1. The third-order valence-corrected chi connectivity index (χ3v) is 5.70. The second-order valence-corrected chi connectivity index (χ2v) is 7.63. The van der Waals surface area contributed by atoms with E-state index in [1.54, 1.807) is 0 Å². The van der Waals surface area contributed by atoms with Crippen molar-refractivity contribution in [3.63, 3.8) is 0 Å². The van der Waals surface area contributed by atoms with Crippen molar-refractivity contribution in [2.45, 2.75) is 45.1 Å². The number of benzene rings is 1. The summed E-state index contributed by atoms with van der Waals surface area (Å²) in [4.78, 5) is 36.7. The minimum atomic E-state index is -0.918. The van der Waals surface area contributed by atoms with E-state index in [1.807, 2.05) is 30.3 Å². The van der Waals surface area contributed by atoms with E-state index in [4.69, 9.17) is 5.11 Å². The first-order chi connectivity index (χ1) is 13.0. The molecule has 2 amide bonds. The van der Waals surface area contributed by atoms with Crippen LogP contribution in [-0.4, -0.2) is 22.9 Å². The van der Waals surface area contributed by atoms with Gasteiger partial charge in [0.05, 0.1) is 5.56 Å². The maximum absolute atomic E-state index is 12.8. The minimum Gasteiger partial charge on any atom is -0.481 e. The van der Waals surface area contributed by atoms with Gasteiger partial charge in [0.25, 0.3) is 5.91 Å². The van der Waals surface area contributed by atoms with Gasteiger partial charge in [-0.3, -0.25) is 14.4 Å². The van der Waals surface area contributed by atoms with Gasteiger partial charge >= 0.3 is 5.97 Å². The van der Waals surface area contributed by atoms with Crippen LogP contribution in [0.1, 0.15) is 52.0 Å². The molecule has 1 heterocycles. The van der Waals surface area contributed by atoms with Gasteiger partial charge in [0.1, 0.15) is 5.00 Å². The number of aliphatic carboxylic acids is 1. The predicted octanol–water partition coefficient (Wildman–Crippen LogP) is 3.36. The van der Waals surface area contributed by atoms with E-state index in [9.17, 15) is 14.4 Å². The zero-order chi connectivity index (χ0) is 19.2. The molecule has 2 aromatic rings. The molecule has 0 atom stereocenters. The molecular formula is C20H22N2O4S. The summed E-state index contributed by atoms with van der Waals surface area (Å²) in [6.07, 6.45) is 3.15. The van der Waals surface area contributed by atoms with E-state index in [-0.39, 0.29) is 31.1 Å². The molecule has 7 heteroatoms. The number of rotatable bonds is 8. The Morgan fingerprint density at radius 1 is 1.07 bits per heavy atom. The lowest BCUT2D eigenvalue weighted by Crippen LogP contribution is -2.25. The van der Waals surface area contributed by atoms with Crippen molar-refractivity contribution < 1.29 is 19.5 Å². The highest BCUT2D eigenvalue weighted by Crippen LogP contribution is 2.39. The summed E-state index contributed by atoms with van der Waals surface area (Å²) in [5.74, 6) is -1.36. The number of carboxylic acids is 1. The number of thiophene rings is 1. The Hall–Kier alpha value is -2.67. The fourth-order valence-electron chi connectivity index (χ4n) is 3.19. The van der Waals surface area contributed by atoms with Gasteiger partial charge in [-0.05, 0) is 36.8 Å². The summed E-state index contributed by atoms with van der Waals surface area (Å²) >= 11 is 1.46. The molecule has 0 fully saturated rings. The SMILES string of the molecule is O=C(O)CCCC(=O)Nc1sc2c(c1C(=O)NCc1ccccc1)CCC2. The molecule has 0 aliphatic heterocycles. The summed E-state index contributed by atoms with van der Waals surface area (Å²) in [7, 11) is 0. The summed E-state index contributed by atoms with van der Waals surface area (Å²) in [6, 6.07) is 9.67. The summed E-state index contributed by atoms with van der Waals surface area (Å²) in [6.45, 7) is 0.427. The van der Waals surface area contributed by atoms with Crippen LogP contribution in [0, 0.1) is 0 Å². The first-order valence-corrected chi connectivity index (χ1v) is 9.84. The molecule has 0 unspecified atom stereocenters. The Morgan fingerprint density at radius 2 is 1.85 bits per heavy atom. The molecule has 3 N–H and O–H groups in total. The first kappa shape index (κ1) is 19.1. The van der Waals surface area contributed by atoms with Crippen LogP contribution in [0.25, 0.3) is 0 Å². The third-order valence-electron chi connectivity index (χ3n) is 4.49. The monoisotopic (exact) mass is 386 g/mol. The van der Waals surface area contributed by atoms with E-state index >= 15 is 0 Å². The molecule has 3 rings (SSSR count). The van der Waals surface area contributed by atoms with E-state index in [0.717, 1.165) is 35.3 Å². The minimum absolute atomic E-state index is 0.0429. The van der Waals surface area contributed by atoms with Crippen LogP contribution in [0.5, 0.6) is 0 Å². The lowest BCUT2D eigenvalue weighted by atomic mass is 10.1. The zero-order valence-corrected chi connectivity index (χ0v) is 15.7. The largest absolute Gasteiger partial charge is 0.481 e. The number of aryl methyl sites for hydroxylation is 1. The van der Waals surface area contributed by atoms with Crippen molar-refractivity contribution >= 4 is 34.1 Å². The van der Waals surface area contributed by atoms with Gasteiger partial charge in [-0.15, -0.1) is 11.3 Å². The Labute approximate surface area is 161 Å². The maximum Gasteiger partial charge on any atom is 0.303 e. The van der Waals surface area contributed by atoms with Crippen molar-refractivity contribution in [2.75, 3.05) is 5.32 Å². The Balaban J connectivity index is 1.69. The van der Waals surface area contributed by atoms with Crippen LogP contribution in [0.15, 0.2) is 30.3 Å². The Kier molecular flexibility index (Phi) is 6.24. The normalized spacial score (nSPS) is 12.4. The van der Waals surface area contributed by atoms with Gasteiger partial charge in [-0.2, -0.15) is 0 Å². The number of carbonyl (C=O) groups is 3. The summed E-state index contributed by atoms with van der Waals surface area (Å²) < 4.78 is 0. The second-order valence-electron chi connectivity index (χ2n) is 6.53. The fraction of sp³-hybridized carbons (Fsp3) is 0.350. The van der Waals surface area contributed by atoms with Gasteiger partial charge in [-0.1, -0.05) is 30.3 Å². The van der Waals surface area contributed by atoms with Gasteiger partial charge in [-0.25, -0.2) is 0 Å². The summed E-state index contributed by atoms with van der Waals surface area (Å²) in [5, 5.41) is 15.0. The van der Waals surface area contributed by atoms with Gasteiger partial charge in [0.2, 0.25) is 5.91 Å². The van der Waals surface area contributed by atoms with Gasteiger partial charge < -0.3 is 15.7 Å². The highest BCUT2D eigenvalue weighted by molar-refractivity contribution is 7.17. The molecule has 0 radical (unpaired) electrons. The van der Waals surface area contributed by atoms with E-state index in [2.05, 4.69) is 10.6 Å². The molecule has 0 spiro atoms. The molecule has 1 aromatic carbocycles. The van der Waals surface area contributed by atoms with Crippen LogP contribution in [0.4, 0.5) is 5.00 Å². The van der Waals surface area contributed by atoms with Crippen LogP contribution >= 0.6 is 11.3 Å². The predicted molar refractivity (Wildman–Crippen MR) is 104 cm³/mol. The molecule has 1 aliphatic rings. The van der Waals surface area contributed by atoms with Crippen molar-refractivity contribution in [3.05, 3.63) is 51.9 Å². The molecular weight excluding hydrogens is 364 g/mol. The van der Waals surface area contributed by atoms with Gasteiger partial charge in [0, 0.05) is 24.3 Å². The second kappa shape index (κ2) is 8.81. The first-order valence-electron chi connectivity index (χ1n) is 9.03. The highest BCUT2D eigenvalue weighted by atomic mass is 32.1. The number of amides is 2. The van der Waals surface area contributed by atoms with Crippen molar-refractivity contribution in [2.24, 2.45) is 0 Å². The molecule has 0 saturated carbocycles. The number of hydrogen-bond acceptors (Lipinski definition) is 4. The van der Waals surface area contributed by atoms with Gasteiger partial charge in [0.15, 0.2) is 0 Å². The summed E-state index contributed by atoms with van der Waals surface area (Å²) in [5.41, 5.74) is 2.61. The van der Waals surface area contributed by atoms with Crippen molar-refractivity contribution in [3.8, 4) is 0 Å². The topological polar surface area (TPSA) is 95.5 Å². The molecule has 1 aliphatic carbocycles. The number of hydrogen-bond donors (Lipinski definition) is 3. The number of anilines is 1. The number of nitrogens with one attached hydrogen (secondary N) is 2. The molecule has 6 nitrogen and oxygen atoms in total. The standard InChI is InChI=1S/C20H22N2O4S/c23-16(10-5-11-17(24)25)22-20-18(14-8-4-9-15(14)27-20)19(26)21-12-13-6-2-1-3-7-13/h1-3,6-7H,4-5,8-12H2,(H,21,26)(H,22,23)(H,24,25). The van der Waals surface area contributed by atoms with E-state index in [0.29, 0.717) is 17.1 Å². The third kappa shape index (κ3) is 4.95. The van der Waals surface area contributed by atoms with Crippen LogP contribution in [-0.2, 0) is 29.0 Å². The molecule has 0 saturated heterocycles. The Bertz CT molecular complexity index is 845. The zero-order valence-electron chi connectivity index (χ0n) is 14.9. The molecule has 142 valence electrons. The lowest BCUT2D eigenvalue weighted by molar-refractivity contribution is -0.137. The smallest absolute Gasteiger partial charge is 0.303 e. The number of carbonyl (C=O) groups excluding carboxylic acids is 2. The van der Waals surface area contributed by atoms with Crippen LogP contribution in [0.2, 0.25) is 0 Å². The van der Waals surface area contributed by atoms with Crippen molar-refractivity contribution in [1.29, 1.82) is 0 Å². The van der Waals surface area contributed by atoms with Crippen LogP contribution < -0.4 is 10.6 Å². The Morgan fingerprint density at radius 3 is 2.59 bits per heavy atom. The van der Waals surface area contributed by atoms with E-state index < -0.39 is 5.97 Å². The average Bonchev–Trinajstić information content (AvgIpc) is 3.21. The molecule has 0 bridgehead atoms. The van der Waals surface area contributed by atoms with Crippen molar-refractivity contribution in [1.82, 2.24) is 5.32 Å². The molecule has 1 aromatic heterocycles. The quantitative estimate of drug-likeness (QED) is 0.648.